The maximum atomic E-state index is 12.1. The molecule has 1 heterocycles. The Morgan fingerprint density at radius 1 is 1.04 bits per heavy atom. The van der Waals surface area contributed by atoms with E-state index in [0.29, 0.717) is 10.6 Å². The number of carbonyl (C=O) groups is 2. The van der Waals surface area contributed by atoms with E-state index in [2.05, 4.69) is 5.32 Å². The molecule has 0 unspecified atom stereocenters. The molecule has 1 amide bonds. The SMILES string of the molecule is O=C(Cc1ccccc1[N+](=O)[O-])Oc1ccc(NC(=O)c2cccs2)cc1. The first kappa shape index (κ1) is 18.3. The summed E-state index contributed by atoms with van der Waals surface area (Å²) in [5.41, 5.74) is 0.723. The lowest BCUT2D eigenvalue weighted by atomic mass is 10.1. The van der Waals surface area contributed by atoms with Gasteiger partial charge >= 0.3 is 5.97 Å². The third-order valence-electron chi connectivity index (χ3n) is 3.61. The number of carbonyl (C=O) groups excluding carboxylic acids is 2. The topological polar surface area (TPSA) is 98.5 Å². The normalized spacial score (nSPS) is 10.2. The number of para-hydroxylation sites is 1. The fraction of sp³-hybridized carbons (Fsp3) is 0.0526. The molecule has 2 aromatic carbocycles. The van der Waals surface area contributed by atoms with E-state index in [1.807, 2.05) is 5.38 Å². The third-order valence-corrected chi connectivity index (χ3v) is 4.48. The van der Waals surface area contributed by atoms with E-state index in [9.17, 15) is 19.7 Å². The van der Waals surface area contributed by atoms with E-state index in [1.54, 1.807) is 42.5 Å². The second kappa shape index (κ2) is 8.24. The van der Waals surface area contributed by atoms with Crippen LogP contribution in [0.25, 0.3) is 0 Å². The molecule has 136 valence electrons. The Labute approximate surface area is 158 Å². The maximum absolute atomic E-state index is 12.1. The Morgan fingerprint density at radius 3 is 2.44 bits per heavy atom. The molecule has 1 N–H and O–H groups in total. The molecule has 8 heteroatoms. The van der Waals surface area contributed by atoms with Crippen LogP contribution in [0.15, 0.2) is 66.0 Å². The first-order valence-electron chi connectivity index (χ1n) is 7.91. The molecular formula is C19H14N2O5S. The van der Waals surface area contributed by atoms with Gasteiger partial charge in [-0.3, -0.25) is 19.7 Å². The summed E-state index contributed by atoms with van der Waals surface area (Å²) >= 11 is 1.34. The molecular weight excluding hydrogens is 368 g/mol. The fourth-order valence-electron chi connectivity index (χ4n) is 2.37. The van der Waals surface area contributed by atoms with Crippen LogP contribution < -0.4 is 10.1 Å². The molecule has 0 fully saturated rings. The third kappa shape index (κ3) is 4.77. The number of nitrogens with one attached hydrogen (secondary N) is 1. The number of esters is 1. The van der Waals surface area contributed by atoms with Crippen molar-refractivity contribution < 1.29 is 19.2 Å². The van der Waals surface area contributed by atoms with E-state index < -0.39 is 10.9 Å². The largest absolute Gasteiger partial charge is 0.426 e. The Morgan fingerprint density at radius 2 is 1.78 bits per heavy atom. The monoisotopic (exact) mass is 382 g/mol. The predicted octanol–water partition coefficient (Wildman–Crippen LogP) is 4.06. The zero-order chi connectivity index (χ0) is 19.2. The van der Waals surface area contributed by atoms with Gasteiger partial charge in [0.05, 0.1) is 16.2 Å². The van der Waals surface area contributed by atoms with E-state index in [1.165, 1.54) is 29.5 Å². The smallest absolute Gasteiger partial charge is 0.315 e. The molecule has 0 aliphatic rings. The van der Waals surface area contributed by atoms with Crippen molar-refractivity contribution in [3.63, 3.8) is 0 Å². The highest BCUT2D eigenvalue weighted by molar-refractivity contribution is 7.12. The first-order valence-corrected chi connectivity index (χ1v) is 8.79. The Kier molecular flexibility index (Phi) is 5.58. The van der Waals surface area contributed by atoms with Gasteiger partial charge in [-0.1, -0.05) is 24.3 Å². The summed E-state index contributed by atoms with van der Waals surface area (Å²) in [4.78, 5) is 35.1. The van der Waals surface area contributed by atoms with Gasteiger partial charge in [-0.15, -0.1) is 11.3 Å². The second-order valence-corrected chi connectivity index (χ2v) is 6.44. The summed E-state index contributed by atoms with van der Waals surface area (Å²) in [5, 5.41) is 15.5. The maximum Gasteiger partial charge on any atom is 0.315 e. The molecule has 1 aromatic heterocycles. The lowest BCUT2D eigenvalue weighted by Crippen LogP contribution is -2.13. The predicted molar refractivity (Wildman–Crippen MR) is 101 cm³/mol. The molecule has 0 radical (unpaired) electrons. The standard InChI is InChI=1S/C19H14N2O5S/c22-18(12-13-4-1-2-5-16(13)21(24)25)26-15-9-7-14(8-10-15)20-19(23)17-6-3-11-27-17/h1-11H,12H2,(H,20,23). The number of hydrogen-bond donors (Lipinski definition) is 1. The van der Waals surface area contributed by atoms with Crippen LogP contribution in [0.5, 0.6) is 5.75 Å². The molecule has 0 aliphatic heterocycles. The highest BCUT2D eigenvalue weighted by Gasteiger charge is 2.16. The average molecular weight is 382 g/mol. The lowest BCUT2D eigenvalue weighted by molar-refractivity contribution is -0.385. The molecule has 0 bridgehead atoms. The molecule has 0 saturated carbocycles. The van der Waals surface area contributed by atoms with E-state index in [4.69, 9.17) is 4.74 Å². The van der Waals surface area contributed by atoms with Gasteiger partial charge in [-0.05, 0) is 35.7 Å². The zero-order valence-corrected chi connectivity index (χ0v) is 14.8. The highest BCUT2D eigenvalue weighted by Crippen LogP contribution is 2.21. The number of ether oxygens (including phenoxy) is 1. The molecule has 3 aromatic rings. The summed E-state index contributed by atoms with van der Waals surface area (Å²) < 4.78 is 5.21. The van der Waals surface area contributed by atoms with Gasteiger partial charge in [0.2, 0.25) is 0 Å². The number of nitro groups is 1. The molecule has 0 spiro atoms. The van der Waals surface area contributed by atoms with Crippen molar-refractivity contribution in [1.29, 1.82) is 0 Å². The van der Waals surface area contributed by atoms with Crippen molar-refractivity contribution in [2.24, 2.45) is 0 Å². The fourth-order valence-corrected chi connectivity index (χ4v) is 2.99. The molecule has 0 aliphatic carbocycles. The minimum atomic E-state index is -0.611. The summed E-state index contributed by atoms with van der Waals surface area (Å²) in [6.45, 7) is 0. The Balaban J connectivity index is 1.60. The zero-order valence-electron chi connectivity index (χ0n) is 14.0. The molecule has 3 rings (SSSR count). The lowest BCUT2D eigenvalue weighted by Gasteiger charge is -2.07. The summed E-state index contributed by atoms with van der Waals surface area (Å²) in [7, 11) is 0. The van der Waals surface area contributed by atoms with Crippen LogP contribution in [-0.2, 0) is 11.2 Å². The van der Waals surface area contributed by atoms with Gasteiger partial charge in [-0.2, -0.15) is 0 Å². The van der Waals surface area contributed by atoms with E-state index in [0.717, 1.165) is 0 Å². The van der Waals surface area contributed by atoms with Crippen molar-refractivity contribution in [3.05, 3.63) is 86.6 Å². The van der Waals surface area contributed by atoms with Crippen molar-refractivity contribution in [3.8, 4) is 5.75 Å². The summed E-state index contributed by atoms with van der Waals surface area (Å²) in [5.74, 6) is -0.543. The number of amides is 1. The van der Waals surface area contributed by atoms with Gasteiger partial charge in [0.1, 0.15) is 5.75 Å². The second-order valence-electron chi connectivity index (χ2n) is 5.49. The van der Waals surface area contributed by atoms with Gasteiger partial charge in [-0.25, -0.2) is 0 Å². The quantitative estimate of drug-likeness (QED) is 0.300. The van der Waals surface area contributed by atoms with E-state index >= 15 is 0 Å². The van der Waals surface area contributed by atoms with Gasteiger partial charge in [0, 0.05) is 17.3 Å². The van der Waals surface area contributed by atoms with Gasteiger partial charge in [0.25, 0.3) is 11.6 Å². The number of rotatable bonds is 6. The van der Waals surface area contributed by atoms with Crippen molar-refractivity contribution in [1.82, 2.24) is 0 Å². The van der Waals surface area contributed by atoms with Crippen molar-refractivity contribution in [2.45, 2.75) is 6.42 Å². The van der Waals surface area contributed by atoms with Crippen LogP contribution in [0.1, 0.15) is 15.2 Å². The van der Waals surface area contributed by atoms with Gasteiger partial charge < -0.3 is 10.1 Å². The van der Waals surface area contributed by atoms with Crippen molar-refractivity contribution in [2.75, 3.05) is 5.32 Å². The summed E-state index contributed by atoms with van der Waals surface area (Å²) in [6, 6.07) is 15.8. The number of nitro benzene ring substituents is 1. The van der Waals surface area contributed by atoms with Crippen LogP contribution >= 0.6 is 11.3 Å². The minimum absolute atomic E-state index is 0.124. The molecule has 0 saturated heterocycles. The average Bonchev–Trinajstić information content (AvgIpc) is 3.18. The van der Waals surface area contributed by atoms with Crippen LogP contribution in [0, 0.1) is 10.1 Å². The Bertz CT molecular complexity index is 968. The first-order chi connectivity index (χ1) is 13.0. The molecule has 0 atom stereocenters. The Hall–Kier alpha value is -3.52. The highest BCUT2D eigenvalue weighted by atomic mass is 32.1. The van der Waals surface area contributed by atoms with Crippen molar-refractivity contribution >= 4 is 34.6 Å². The number of thiophene rings is 1. The van der Waals surface area contributed by atoms with Gasteiger partial charge in [0.15, 0.2) is 0 Å². The van der Waals surface area contributed by atoms with Crippen LogP contribution in [0.4, 0.5) is 11.4 Å². The number of nitrogens with zero attached hydrogens (tertiary/aromatic N) is 1. The number of hydrogen-bond acceptors (Lipinski definition) is 6. The molecule has 27 heavy (non-hydrogen) atoms. The van der Waals surface area contributed by atoms with Crippen LogP contribution in [0.2, 0.25) is 0 Å². The molecule has 7 nitrogen and oxygen atoms in total. The van der Waals surface area contributed by atoms with Crippen LogP contribution in [0.3, 0.4) is 0 Å². The van der Waals surface area contributed by atoms with Crippen LogP contribution in [-0.4, -0.2) is 16.8 Å². The van der Waals surface area contributed by atoms with E-state index in [-0.39, 0.29) is 29.3 Å². The minimum Gasteiger partial charge on any atom is -0.426 e. The summed E-state index contributed by atoms with van der Waals surface area (Å²) in [6.07, 6.45) is -0.214. The number of anilines is 1. The number of benzene rings is 2.